The highest BCUT2D eigenvalue weighted by Gasteiger charge is 2.31. The van der Waals surface area contributed by atoms with Crippen molar-refractivity contribution in [3.63, 3.8) is 0 Å². The van der Waals surface area contributed by atoms with Gasteiger partial charge in [-0.2, -0.15) is 18.3 Å². The molecule has 3 heterocycles. The molecule has 0 fully saturated rings. The van der Waals surface area contributed by atoms with Crippen molar-refractivity contribution in [3.8, 4) is 16.3 Å². The quantitative estimate of drug-likeness (QED) is 0.356. The maximum Gasteiger partial charge on any atom is 0.416 e. The highest BCUT2D eigenvalue weighted by molar-refractivity contribution is 7.13. The number of hydrogen-bond donors (Lipinski definition) is 1. The van der Waals surface area contributed by atoms with Crippen molar-refractivity contribution < 1.29 is 27.4 Å². The largest absolute Gasteiger partial charge is 0.489 e. The molecule has 1 amide bonds. The van der Waals surface area contributed by atoms with E-state index in [1.54, 1.807) is 24.7 Å². The van der Waals surface area contributed by atoms with Crippen LogP contribution in [0.3, 0.4) is 0 Å². The lowest BCUT2D eigenvalue weighted by atomic mass is 10.1. The predicted molar refractivity (Wildman–Crippen MR) is 123 cm³/mol. The summed E-state index contributed by atoms with van der Waals surface area (Å²) in [5.74, 6) is -0.498. The van der Waals surface area contributed by atoms with Crippen molar-refractivity contribution >= 4 is 34.0 Å². The van der Waals surface area contributed by atoms with Gasteiger partial charge >= 0.3 is 6.18 Å². The number of thiophene rings is 1. The van der Waals surface area contributed by atoms with Crippen molar-refractivity contribution in [2.45, 2.75) is 13.1 Å². The van der Waals surface area contributed by atoms with E-state index in [9.17, 15) is 18.0 Å². The Hall–Kier alpha value is -3.44. The second-order valence-electron chi connectivity index (χ2n) is 7.44. The third kappa shape index (κ3) is 4.75. The molecule has 0 aliphatic carbocycles. The third-order valence-corrected chi connectivity index (χ3v) is 5.98. The second-order valence-corrected chi connectivity index (χ2v) is 8.39. The monoisotopic (exact) mass is 490 g/mol. The lowest BCUT2D eigenvalue weighted by Crippen LogP contribution is -2.16. The molecule has 11 heteroatoms. The molecule has 0 saturated heterocycles. The van der Waals surface area contributed by atoms with Gasteiger partial charge in [0.25, 0.3) is 5.91 Å². The number of aryl methyl sites for hydroxylation is 2. The van der Waals surface area contributed by atoms with E-state index in [2.05, 4.69) is 15.4 Å². The van der Waals surface area contributed by atoms with Crippen molar-refractivity contribution in [1.29, 1.82) is 0 Å². The number of methoxy groups -OCH3 is 1. The molecule has 0 bridgehead atoms. The topological polar surface area (TPSA) is 78.3 Å². The Labute approximate surface area is 197 Å². The molecule has 178 valence electrons. The van der Waals surface area contributed by atoms with E-state index < -0.39 is 17.6 Å². The second kappa shape index (κ2) is 9.43. The molecule has 0 saturated carbocycles. The molecule has 0 aliphatic heterocycles. The molecule has 0 atom stereocenters. The van der Waals surface area contributed by atoms with Gasteiger partial charge < -0.3 is 14.8 Å². The number of alkyl halides is 3. The van der Waals surface area contributed by atoms with Crippen molar-refractivity contribution in [2.75, 3.05) is 25.6 Å². The summed E-state index contributed by atoms with van der Waals surface area (Å²) >= 11 is 1.46. The molecule has 4 rings (SSSR count). The van der Waals surface area contributed by atoms with Crippen LogP contribution in [-0.2, 0) is 18.0 Å². The van der Waals surface area contributed by atoms with Crippen LogP contribution in [0.1, 0.15) is 21.6 Å². The van der Waals surface area contributed by atoms with Crippen molar-refractivity contribution in [2.24, 2.45) is 7.05 Å². The van der Waals surface area contributed by atoms with E-state index in [-0.39, 0.29) is 30.2 Å². The van der Waals surface area contributed by atoms with Gasteiger partial charge in [0.05, 0.1) is 45.1 Å². The van der Waals surface area contributed by atoms with Crippen LogP contribution in [0.5, 0.6) is 5.75 Å². The molecule has 0 spiro atoms. The van der Waals surface area contributed by atoms with Gasteiger partial charge in [0.2, 0.25) is 0 Å². The maximum atomic E-state index is 13.4. The Bertz CT molecular complexity index is 1330. The van der Waals surface area contributed by atoms with Crippen LogP contribution in [0.4, 0.5) is 18.9 Å². The summed E-state index contributed by atoms with van der Waals surface area (Å²) in [6.45, 7) is 2.09. The van der Waals surface area contributed by atoms with E-state index in [1.165, 1.54) is 24.5 Å². The number of ether oxygens (including phenoxy) is 2. The molecular weight excluding hydrogens is 469 g/mol. The van der Waals surface area contributed by atoms with Crippen LogP contribution in [-0.4, -0.2) is 41.0 Å². The molecule has 3 aromatic heterocycles. The number of fused-ring (bicyclic) bond motifs is 1. The smallest absolute Gasteiger partial charge is 0.416 e. The number of anilines is 1. The van der Waals surface area contributed by atoms with Gasteiger partial charge in [0.1, 0.15) is 12.4 Å². The van der Waals surface area contributed by atoms with Gasteiger partial charge in [-0.3, -0.25) is 9.48 Å². The molecule has 7 nitrogen and oxygen atoms in total. The highest BCUT2D eigenvalue weighted by atomic mass is 32.1. The fraction of sp³-hybridized carbons (Fsp3) is 0.261. The zero-order chi connectivity index (χ0) is 24.5. The highest BCUT2D eigenvalue weighted by Crippen LogP contribution is 2.36. The maximum absolute atomic E-state index is 13.4. The zero-order valence-electron chi connectivity index (χ0n) is 18.6. The van der Waals surface area contributed by atoms with Crippen LogP contribution in [0.2, 0.25) is 0 Å². The van der Waals surface area contributed by atoms with Crippen LogP contribution < -0.4 is 10.1 Å². The summed E-state index contributed by atoms with van der Waals surface area (Å²) in [6, 6.07) is 8.31. The minimum Gasteiger partial charge on any atom is -0.489 e. The number of aromatic nitrogens is 3. The summed E-state index contributed by atoms with van der Waals surface area (Å²) in [4.78, 5) is 18.9. The fourth-order valence-corrected chi connectivity index (χ4v) is 4.22. The fourth-order valence-electron chi connectivity index (χ4n) is 3.53. The number of benzene rings is 1. The molecule has 0 radical (unpaired) electrons. The zero-order valence-corrected chi connectivity index (χ0v) is 19.4. The van der Waals surface area contributed by atoms with E-state index in [0.717, 1.165) is 17.0 Å². The normalized spacial score (nSPS) is 11.7. The number of amides is 1. The number of halogens is 3. The predicted octanol–water partition coefficient (Wildman–Crippen LogP) is 5.30. The van der Waals surface area contributed by atoms with E-state index in [1.807, 2.05) is 17.5 Å². The van der Waals surface area contributed by atoms with Crippen molar-refractivity contribution in [1.82, 2.24) is 14.8 Å². The minimum absolute atomic E-state index is 0.0971. The first kappa shape index (κ1) is 23.7. The number of pyridine rings is 1. The van der Waals surface area contributed by atoms with Gasteiger partial charge in [0.15, 0.2) is 5.65 Å². The molecule has 0 unspecified atom stereocenters. The summed E-state index contributed by atoms with van der Waals surface area (Å²) in [5.41, 5.74) is 0.886. The van der Waals surface area contributed by atoms with E-state index >= 15 is 0 Å². The van der Waals surface area contributed by atoms with Crippen LogP contribution in [0.15, 0.2) is 41.8 Å². The number of hydrogen-bond acceptors (Lipinski definition) is 6. The summed E-state index contributed by atoms with van der Waals surface area (Å²) in [5, 5.41) is 9.38. The molecule has 0 aliphatic rings. The molecule has 1 aromatic carbocycles. The number of rotatable bonds is 7. The minimum atomic E-state index is -4.58. The van der Waals surface area contributed by atoms with E-state index in [0.29, 0.717) is 22.4 Å². The van der Waals surface area contributed by atoms with Crippen molar-refractivity contribution in [3.05, 3.63) is 58.6 Å². The van der Waals surface area contributed by atoms with Gasteiger partial charge in [-0.1, -0.05) is 6.07 Å². The molecule has 4 aromatic rings. The average Bonchev–Trinajstić information content (AvgIpc) is 3.42. The summed E-state index contributed by atoms with van der Waals surface area (Å²) in [7, 11) is 3.20. The average molecular weight is 491 g/mol. The number of nitrogens with zero attached hydrogens (tertiary/aromatic N) is 3. The Morgan fingerprint density at radius 3 is 2.68 bits per heavy atom. The van der Waals surface area contributed by atoms with Crippen LogP contribution >= 0.6 is 11.3 Å². The Morgan fingerprint density at radius 2 is 2.00 bits per heavy atom. The summed E-state index contributed by atoms with van der Waals surface area (Å²) < 4.78 is 52.1. The SMILES string of the molecule is COCCOc1ccc(C(F)(F)F)cc1NC(=O)c1cc(-c2cccs2)nc2c1c(C)nn2C. The van der Waals surface area contributed by atoms with Gasteiger partial charge in [-0.15, -0.1) is 11.3 Å². The standard InChI is InChI=1S/C23H21F3N4O3S/c1-13-20-15(12-17(19-5-4-10-34-19)27-21(20)30(2)29-13)22(31)28-16-11-14(23(24,25)26)6-7-18(16)33-9-8-32-3/h4-7,10-12H,8-9H2,1-3H3,(H,28,31). The Balaban J connectivity index is 1.78. The number of nitrogens with one attached hydrogen (secondary N) is 1. The van der Waals surface area contributed by atoms with E-state index in [4.69, 9.17) is 9.47 Å². The Kier molecular flexibility index (Phi) is 6.58. The Morgan fingerprint density at radius 1 is 1.21 bits per heavy atom. The number of carbonyl (C=O) groups is 1. The van der Waals surface area contributed by atoms with Crippen LogP contribution in [0.25, 0.3) is 21.6 Å². The summed E-state index contributed by atoms with van der Waals surface area (Å²) in [6.07, 6.45) is -4.58. The molecular formula is C23H21F3N4O3S. The lowest BCUT2D eigenvalue weighted by Gasteiger charge is -2.16. The van der Waals surface area contributed by atoms with Gasteiger partial charge in [0, 0.05) is 14.2 Å². The lowest BCUT2D eigenvalue weighted by molar-refractivity contribution is -0.137. The first-order chi connectivity index (χ1) is 16.2. The van der Waals surface area contributed by atoms with Crippen LogP contribution in [0, 0.1) is 6.92 Å². The first-order valence-electron chi connectivity index (χ1n) is 10.2. The molecule has 1 N–H and O–H groups in total. The van der Waals surface area contributed by atoms with Gasteiger partial charge in [-0.05, 0) is 42.6 Å². The van der Waals surface area contributed by atoms with Gasteiger partial charge in [-0.25, -0.2) is 4.98 Å². The number of carbonyl (C=O) groups excluding carboxylic acids is 1. The first-order valence-corrected chi connectivity index (χ1v) is 11.1. The third-order valence-electron chi connectivity index (χ3n) is 5.09. The molecule has 34 heavy (non-hydrogen) atoms.